The zero-order valence-corrected chi connectivity index (χ0v) is 20.8. The molecule has 1 fully saturated rings. The summed E-state index contributed by atoms with van der Waals surface area (Å²) < 4.78 is 23.6. The highest BCUT2D eigenvalue weighted by Gasteiger charge is 2.46. The van der Waals surface area contributed by atoms with E-state index in [1.807, 2.05) is 0 Å². The molecular formula is C28H26FN3O6. The number of halogens is 1. The van der Waals surface area contributed by atoms with E-state index in [-0.39, 0.29) is 25.1 Å². The van der Waals surface area contributed by atoms with E-state index >= 15 is 0 Å². The first kappa shape index (κ1) is 26.3. The molecule has 3 aromatic carbocycles. The number of carbonyl (C=O) groups is 4. The summed E-state index contributed by atoms with van der Waals surface area (Å²) in [6.45, 7) is 1.89. The van der Waals surface area contributed by atoms with Gasteiger partial charge in [-0.2, -0.15) is 0 Å². The highest BCUT2D eigenvalue weighted by atomic mass is 19.1. The van der Waals surface area contributed by atoms with Crippen LogP contribution in [0.3, 0.4) is 0 Å². The molecule has 0 aromatic heterocycles. The van der Waals surface area contributed by atoms with Crippen molar-refractivity contribution in [2.45, 2.75) is 25.9 Å². The smallest absolute Gasteiger partial charge is 0.338 e. The highest BCUT2D eigenvalue weighted by molar-refractivity contribution is 6.22. The molecule has 0 saturated carbocycles. The van der Waals surface area contributed by atoms with Crippen LogP contribution in [0.1, 0.15) is 29.3 Å². The van der Waals surface area contributed by atoms with Crippen LogP contribution >= 0.6 is 0 Å². The number of urea groups is 1. The monoisotopic (exact) mass is 519 g/mol. The molecule has 3 aromatic rings. The molecule has 196 valence electrons. The van der Waals surface area contributed by atoms with Crippen LogP contribution in [0.2, 0.25) is 0 Å². The summed E-state index contributed by atoms with van der Waals surface area (Å²) in [6, 6.07) is 16.5. The van der Waals surface area contributed by atoms with Gasteiger partial charge in [0.1, 0.15) is 17.6 Å². The second-order valence-electron chi connectivity index (χ2n) is 8.48. The molecule has 0 radical (unpaired) electrons. The van der Waals surface area contributed by atoms with Gasteiger partial charge >= 0.3 is 12.0 Å². The first-order valence-corrected chi connectivity index (χ1v) is 11.9. The number of ether oxygens (including phenoxy) is 2. The van der Waals surface area contributed by atoms with Crippen LogP contribution in [0.5, 0.6) is 5.75 Å². The second-order valence-corrected chi connectivity index (χ2v) is 8.48. The lowest BCUT2D eigenvalue weighted by atomic mass is 10.1. The molecule has 1 heterocycles. The third-order valence-corrected chi connectivity index (χ3v) is 5.93. The first-order chi connectivity index (χ1) is 18.3. The van der Waals surface area contributed by atoms with Gasteiger partial charge in [0.15, 0.2) is 0 Å². The minimum atomic E-state index is -1.12. The Kier molecular flexibility index (Phi) is 8.00. The Morgan fingerprint density at radius 3 is 2.45 bits per heavy atom. The number of benzene rings is 3. The molecule has 0 spiro atoms. The third kappa shape index (κ3) is 5.80. The Labute approximate surface area is 218 Å². The van der Waals surface area contributed by atoms with Crippen molar-refractivity contribution >= 4 is 35.2 Å². The van der Waals surface area contributed by atoms with Gasteiger partial charge in [-0.05, 0) is 55.0 Å². The number of imide groups is 1. The predicted molar refractivity (Wildman–Crippen MR) is 137 cm³/mol. The fourth-order valence-electron chi connectivity index (χ4n) is 4.11. The molecule has 38 heavy (non-hydrogen) atoms. The standard InChI is InChI=1S/C28H26FN3O6/c1-3-38-27(35)19-6-4-7-21(14-19)30-25(33)16-24-26(34)32(22-8-5-9-23(15-22)37-2)28(36)31(24)17-18-10-12-20(29)13-11-18/h4-15,24H,3,16-17H2,1-2H3,(H,30,33)/t24-/m0/s1. The number of methoxy groups -OCH3 is 1. The molecule has 1 aliphatic heterocycles. The van der Waals surface area contributed by atoms with Gasteiger partial charge in [0.25, 0.3) is 5.91 Å². The minimum absolute atomic E-state index is 0.0123. The van der Waals surface area contributed by atoms with Crippen molar-refractivity contribution in [3.05, 3.63) is 89.7 Å². The Bertz CT molecular complexity index is 1360. The molecule has 9 nitrogen and oxygen atoms in total. The van der Waals surface area contributed by atoms with Crippen LogP contribution in [0.4, 0.5) is 20.6 Å². The van der Waals surface area contributed by atoms with E-state index in [2.05, 4.69) is 5.32 Å². The SMILES string of the molecule is CCOC(=O)c1cccc(NC(=O)C[C@H]2C(=O)N(c3cccc(OC)c3)C(=O)N2Cc2ccc(F)cc2)c1. The molecule has 0 aliphatic carbocycles. The summed E-state index contributed by atoms with van der Waals surface area (Å²) in [6.07, 6.45) is -0.337. The lowest BCUT2D eigenvalue weighted by molar-refractivity contribution is -0.124. The number of hydrogen-bond donors (Lipinski definition) is 1. The van der Waals surface area contributed by atoms with Crippen LogP contribution in [0, 0.1) is 5.82 Å². The van der Waals surface area contributed by atoms with E-state index < -0.39 is 35.7 Å². The second kappa shape index (κ2) is 11.5. The number of nitrogens with zero attached hydrogens (tertiary/aromatic N) is 2. The largest absolute Gasteiger partial charge is 0.497 e. The molecule has 1 saturated heterocycles. The van der Waals surface area contributed by atoms with Gasteiger partial charge in [-0.3, -0.25) is 9.59 Å². The molecule has 1 atom stereocenters. The Morgan fingerprint density at radius 2 is 1.74 bits per heavy atom. The lowest BCUT2D eigenvalue weighted by Gasteiger charge is -2.21. The maximum absolute atomic E-state index is 13.5. The number of carbonyl (C=O) groups excluding carboxylic acids is 4. The van der Waals surface area contributed by atoms with Crippen molar-refractivity contribution in [1.82, 2.24) is 4.90 Å². The zero-order valence-electron chi connectivity index (χ0n) is 20.8. The molecule has 1 N–H and O–H groups in total. The average molecular weight is 520 g/mol. The molecule has 0 unspecified atom stereocenters. The summed E-state index contributed by atoms with van der Waals surface area (Å²) in [5, 5.41) is 2.68. The van der Waals surface area contributed by atoms with Crippen LogP contribution < -0.4 is 15.0 Å². The van der Waals surface area contributed by atoms with E-state index in [1.54, 1.807) is 49.4 Å². The highest BCUT2D eigenvalue weighted by Crippen LogP contribution is 2.30. The van der Waals surface area contributed by atoms with Crippen molar-refractivity contribution in [3.63, 3.8) is 0 Å². The van der Waals surface area contributed by atoms with Gasteiger partial charge in [-0.1, -0.05) is 24.3 Å². The molecule has 4 rings (SSSR count). The van der Waals surface area contributed by atoms with Crippen LogP contribution in [-0.2, 0) is 20.9 Å². The van der Waals surface area contributed by atoms with E-state index in [0.29, 0.717) is 22.7 Å². The number of nitrogens with one attached hydrogen (secondary N) is 1. The van der Waals surface area contributed by atoms with Gasteiger partial charge < -0.3 is 19.7 Å². The summed E-state index contributed by atoms with van der Waals surface area (Å²) in [7, 11) is 1.47. The number of rotatable bonds is 9. The Balaban J connectivity index is 1.58. The molecule has 1 aliphatic rings. The van der Waals surface area contributed by atoms with Crippen molar-refractivity contribution in [1.29, 1.82) is 0 Å². The van der Waals surface area contributed by atoms with Crippen molar-refractivity contribution in [2.75, 3.05) is 23.9 Å². The van der Waals surface area contributed by atoms with E-state index in [0.717, 1.165) is 4.90 Å². The first-order valence-electron chi connectivity index (χ1n) is 11.9. The topological polar surface area (TPSA) is 105 Å². The summed E-state index contributed by atoms with van der Waals surface area (Å²) in [5.74, 6) is -1.62. The summed E-state index contributed by atoms with van der Waals surface area (Å²) >= 11 is 0. The number of hydrogen-bond acceptors (Lipinski definition) is 6. The van der Waals surface area contributed by atoms with E-state index in [1.165, 1.54) is 42.3 Å². The normalized spacial score (nSPS) is 15.0. The van der Waals surface area contributed by atoms with Crippen LogP contribution in [-0.4, -0.2) is 48.5 Å². The van der Waals surface area contributed by atoms with Crippen LogP contribution in [0.15, 0.2) is 72.8 Å². The number of anilines is 2. The number of amides is 4. The summed E-state index contributed by atoms with van der Waals surface area (Å²) in [4.78, 5) is 54.3. The van der Waals surface area contributed by atoms with Crippen molar-refractivity contribution < 1.29 is 33.0 Å². The van der Waals surface area contributed by atoms with E-state index in [4.69, 9.17) is 9.47 Å². The third-order valence-electron chi connectivity index (χ3n) is 5.93. The minimum Gasteiger partial charge on any atom is -0.497 e. The van der Waals surface area contributed by atoms with Gasteiger partial charge in [-0.15, -0.1) is 0 Å². The summed E-state index contributed by atoms with van der Waals surface area (Å²) in [5.41, 5.74) is 1.49. The van der Waals surface area contributed by atoms with Gasteiger partial charge in [0.2, 0.25) is 5.91 Å². The van der Waals surface area contributed by atoms with Crippen molar-refractivity contribution in [3.8, 4) is 5.75 Å². The maximum atomic E-state index is 13.5. The molecular weight excluding hydrogens is 493 g/mol. The maximum Gasteiger partial charge on any atom is 0.338 e. The predicted octanol–water partition coefficient (Wildman–Crippen LogP) is 4.38. The fraction of sp³-hybridized carbons (Fsp3) is 0.214. The fourth-order valence-corrected chi connectivity index (χ4v) is 4.11. The van der Waals surface area contributed by atoms with Crippen molar-refractivity contribution in [2.24, 2.45) is 0 Å². The van der Waals surface area contributed by atoms with Gasteiger partial charge in [0, 0.05) is 18.3 Å². The molecule has 0 bridgehead atoms. The Hall–Kier alpha value is -4.73. The van der Waals surface area contributed by atoms with Crippen LogP contribution in [0.25, 0.3) is 0 Å². The lowest BCUT2D eigenvalue weighted by Crippen LogP contribution is -2.37. The number of esters is 1. The zero-order chi connectivity index (χ0) is 27.2. The quantitative estimate of drug-likeness (QED) is 0.332. The Morgan fingerprint density at radius 1 is 1.00 bits per heavy atom. The average Bonchev–Trinajstić information content (AvgIpc) is 3.14. The van der Waals surface area contributed by atoms with Gasteiger partial charge in [-0.25, -0.2) is 18.9 Å². The van der Waals surface area contributed by atoms with Gasteiger partial charge in [0.05, 0.1) is 31.4 Å². The molecule has 10 heteroatoms. The van der Waals surface area contributed by atoms with E-state index in [9.17, 15) is 23.6 Å². The molecule has 4 amide bonds.